The average molecular weight is 1080 g/mol. The zero-order valence-corrected chi connectivity index (χ0v) is 54.7. The fourth-order valence-electron chi connectivity index (χ4n) is 13.1. The first-order valence-corrected chi connectivity index (χ1v) is 30.7. The molecule has 422 valence electrons. The van der Waals surface area contributed by atoms with Crippen molar-refractivity contribution >= 4 is 21.5 Å². The smallest absolute Gasteiger partial charge is 0.000740 e. The Hall–Kier alpha value is -6.50. The van der Waals surface area contributed by atoms with Crippen molar-refractivity contribution in [1.29, 1.82) is 0 Å². The second kappa shape index (κ2) is 18.5. The Morgan fingerprint density at radius 3 is 0.598 bits per heavy atom. The van der Waals surface area contributed by atoms with Crippen LogP contribution in [0.25, 0.3) is 111 Å². The van der Waals surface area contributed by atoms with Gasteiger partial charge in [-0.2, -0.15) is 0 Å². The fourth-order valence-corrected chi connectivity index (χ4v) is 13.1. The van der Waals surface area contributed by atoms with E-state index in [2.05, 4.69) is 300 Å². The zero-order chi connectivity index (χ0) is 59.7. The minimum absolute atomic E-state index is 0.0355. The first kappa shape index (κ1) is 57.3. The van der Waals surface area contributed by atoms with Crippen molar-refractivity contribution in [2.45, 2.75) is 209 Å². The average Bonchev–Trinajstić information content (AvgIpc) is 2.31. The van der Waals surface area contributed by atoms with Crippen LogP contribution >= 0.6 is 0 Å². The molecule has 2 aliphatic rings. The van der Waals surface area contributed by atoms with E-state index in [1.165, 1.54) is 155 Å². The van der Waals surface area contributed by atoms with Gasteiger partial charge in [0.2, 0.25) is 0 Å². The monoisotopic (exact) mass is 1080 g/mol. The van der Waals surface area contributed by atoms with Crippen molar-refractivity contribution in [2.24, 2.45) is 0 Å². The zero-order valence-electron chi connectivity index (χ0n) is 54.7. The van der Waals surface area contributed by atoms with Gasteiger partial charge in [-0.15, -0.1) is 0 Å². The Bertz CT molecular complexity index is 3730. The fraction of sp³-hybridized carbons (Fsp3) is 0.390. The Morgan fingerprint density at radius 1 is 0.183 bits per heavy atom. The van der Waals surface area contributed by atoms with Gasteiger partial charge in [0.1, 0.15) is 0 Å². The van der Waals surface area contributed by atoms with Crippen LogP contribution in [0.4, 0.5) is 0 Å². The summed E-state index contributed by atoms with van der Waals surface area (Å²) in [5, 5.41) is 5.35. The second-order valence-electron chi connectivity index (χ2n) is 33.2. The molecular formula is C82H94. The maximum Gasteiger partial charge on any atom is -0.000740 e. The molecule has 0 nitrogen and oxygen atoms in total. The SMILES string of the molecule is CC(C)(C)c1cc(-c2ccc(-c3cc(C(C)(C)C)cc(C(C)(C)C)c3)c3c2-c2ccc4c5c(ccc-3c25)-c2c-4c(-c3cc(C(C)(C)C)cc(C(C)(C)C)c3)c3ccccc3c2-c2cc(C(C)(C)C)cc(C(C)(C)C)c2)cc(C(C)(C)C)c1. The minimum atomic E-state index is -0.0571. The van der Waals surface area contributed by atoms with Gasteiger partial charge in [0.15, 0.2) is 0 Å². The normalized spacial score (nSPS) is 13.9. The molecule has 82 heavy (non-hydrogen) atoms. The molecular weight excluding hydrogens is 985 g/mol. The Balaban J connectivity index is 1.33. The summed E-state index contributed by atoms with van der Waals surface area (Å²) in [6.07, 6.45) is 0. The highest BCUT2D eigenvalue weighted by molar-refractivity contribution is 6.33. The van der Waals surface area contributed by atoms with E-state index >= 15 is 0 Å². The van der Waals surface area contributed by atoms with Crippen molar-refractivity contribution in [3.05, 3.63) is 178 Å². The lowest BCUT2D eigenvalue weighted by Crippen LogP contribution is -2.17. The topological polar surface area (TPSA) is 0 Å². The molecule has 11 rings (SSSR count). The molecule has 0 amide bonds. The lowest BCUT2D eigenvalue weighted by Gasteiger charge is -2.29. The van der Waals surface area contributed by atoms with Gasteiger partial charge in [0.05, 0.1) is 0 Å². The number of benzene rings is 9. The van der Waals surface area contributed by atoms with Crippen LogP contribution in [0.3, 0.4) is 0 Å². The molecule has 9 aromatic carbocycles. The van der Waals surface area contributed by atoms with Gasteiger partial charge in [0.25, 0.3) is 0 Å². The van der Waals surface area contributed by atoms with Gasteiger partial charge >= 0.3 is 0 Å². The summed E-state index contributed by atoms with van der Waals surface area (Å²) in [5.74, 6) is 0. The van der Waals surface area contributed by atoms with Crippen LogP contribution in [0.5, 0.6) is 0 Å². The van der Waals surface area contributed by atoms with Crippen LogP contribution in [0.1, 0.15) is 211 Å². The van der Waals surface area contributed by atoms with Crippen molar-refractivity contribution in [3.8, 4) is 89.0 Å². The number of fused-ring (bicyclic) bond motifs is 7. The second-order valence-corrected chi connectivity index (χ2v) is 33.2. The maximum absolute atomic E-state index is 2.54. The van der Waals surface area contributed by atoms with Crippen LogP contribution in [0.2, 0.25) is 0 Å². The first-order valence-electron chi connectivity index (χ1n) is 30.7. The van der Waals surface area contributed by atoms with Gasteiger partial charge in [-0.1, -0.05) is 300 Å². The van der Waals surface area contributed by atoms with Gasteiger partial charge in [-0.3, -0.25) is 0 Å². The van der Waals surface area contributed by atoms with Crippen LogP contribution in [0.15, 0.2) is 133 Å². The van der Waals surface area contributed by atoms with Crippen molar-refractivity contribution in [3.63, 3.8) is 0 Å². The van der Waals surface area contributed by atoms with Gasteiger partial charge < -0.3 is 0 Å². The molecule has 0 unspecified atom stereocenters. The molecule has 0 radical (unpaired) electrons. The number of hydrogen-bond acceptors (Lipinski definition) is 0. The standard InChI is InChI=1S/C82H94/c1-75(2,3)51-35-47(36-52(43-51)76(4,5)6)59-29-30-60(48-37-53(77(7,8)9)44-54(38-48)78(10,11)12)70-64-32-34-66-72-65(33-31-63(69(59)70)71(64)72)73-67(49-39-55(79(13,14)15)45-56(40-49)80(16,17)18)61-27-25-26-28-62(61)68(74(66)73)50-41-57(81(19,20)21)46-58(42-50)82(22,23)24/h25-46H,1-24H3. The summed E-state index contributed by atoms with van der Waals surface area (Å²) in [7, 11) is 0. The third-order valence-corrected chi connectivity index (χ3v) is 18.5. The van der Waals surface area contributed by atoms with Crippen molar-refractivity contribution in [2.75, 3.05) is 0 Å². The predicted octanol–water partition coefficient (Wildman–Crippen LogP) is 24.3. The minimum Gasteiger partial charge on any atom is -0.0616 e. The Labute approximate surface area is 495 Å². The molecule has 0 aliphatic heterocycles. The summed E-state index contributed by atoms with van der Waals surface area (Å²) in [6.45, 7) is 56.9. The van der Waals surface area contributed by atoms with E-state index in [0.29, 0.717) is 0 Å². The molecule has 0 saturated carbocycles. The Kier molecular flexibility index (Phi) is 12.9. The van der Waals surface area contributed by atoms with E-state index in [9.17, 15) is 0 Å². The van der Waals surface area contributed by atoms with Crippen LogP contribution < -0.4 is 0 Å². The van der Waals surface area contributed by atoms with Gasteiger partial charge in [0, 0.05) is 0 Å². The van der Waals surface area contributed by atoms with Gasteiger partial charge in [-0.25, -0.2) is 0 Å². The largest absolute Gasteiger partial charge is 0.0616 e. The molecule has 0 aromatic heterocycles. The molecule has 0 bridgehead atoms. The van der Waals surface area contributed by atoms with Crippen LogP contribution in [-0.4, -0.2) is 0 Å². The van der Waals surface area contributed by atoms with Crippen LogP contribution in [0, 0.1) is 0 Å². The van der Waals surface area contributed by atoms with E-state index in [0.717, 1.165) is 0 Å². The molecule has 0 N–H and O–H groups in total. The third-order valence-electron chi connectivity index (χ3n) is 18.5. The summed E-state index contributed by atoms with van der Waals surface area (Å²) >= 11 is 0. The first-order chi connectivity index (χ1) is 37.7. The highest BCUT2D eigenvalue weighted by atomic mass is 14.4. The number of hydrogen-bond donors (Lipinski definition) is 0. The Morgan fingerprint density at radius 2 is 0.378 bits per heavy atom. The quantitative estimate of drug-likeness (QED) is 0.165. The molecule has 9 aromatic rings. The molecule has 0 spiro atoms. The summed E-state index contributed by atoms with van der Waals surface area (Å²) in [4.78, 5) is 0. The summed E-state index contributed by atoms with van der Waals surface area (Å²) < 4.78 is 0. The lowest BCUT2D eigenvalue weighted by atomic mass is 9.75. The summed E-state index contributed by atoms with van der Waals surface area (Å²) in [5.41, 5.74) is 31.8. The van der Waals surface area contributed by atoms with Crippen molar-refractivity contribution < 1.29 is 0 Å². The van der Waals surface area contributed by atoms with Crippen molar-refractivity contribution in [1.82, 2.24) is 0 Å². The molecule has 0 heteroatoms. The van der Waals surface area contributed by atoms with E-state index in [-0.39, 0.29) is 43.3 Å². The molecule has 0 saturated heterocycles. The van der Waals surface area contributed by atoms with Gasteiger partial charge in [-0.05, 0) is 198 Å². The number of rotatable bonds is 4. The summed E-state index contributed by atoms with van der Waals surface area (Å²) in [6, 6.07) is 54.6. The molecule has 2 aliphatic carbocycles. The van der Waals surface area contributed by atoms with E-state index in [1.807, 2.05) is 0 Å². The van der Waals surface area contributed by atoms with E-state index < -0.39 is 0 Å². The lowest BCUT2D eigenvalue weighted by molar-refractivity contribution is 0.568. The molecule has 0 heterocycles. The van der Waals surface area contributed by atoms with E-state index in [4.69, 9.17) is 0 Å². The predicted molar refractivity (Wildman–Crippen MR) is 362 cm³/mol. The highest BCUT2D eigenvalue weighted by Crippen LogP contribution is 2.64. The third kappa shape index (κ3) is 9.71. The van der Waals surface area contributed by atoms with Crippen LogP contribution in [-0.2, 0) is 43.3 Å². The maximum atomic E-state index is 2.54. The van der Waals surface area contributed by atoms with E-state index in [1.54, 1.807) is 0 Å². The molecule has 0 fully saturated rings. The molecule has 0 atom stereocenters. The highest BCUT2D eigenvalue weighted by Gasteiger charge is 2.38.